The lowest BCUT2D eigenvalue weighted by atomic mass is 9.65. The molecular formula is C73H50N4. The van der Waals surface area contributed by atoms with Crippen LogP contribution >= 0.6 is 0 Å². The van der Waals surface area contributed by atoms with Crippen molar-refractivity contribution in [2.75, 3.05) is 13.6 Å². The van der Waals surface area contributed by atoms with Crippen molar-refractivity contribution in [3.05, 3.63) is 286 Å². The summed E-state index contributed by atoms with van der Waals surface area (Å²) in [6, 6.07) is 68.8. The Bertz CT molecular complexity index is 4650. The van der Waals surface area contributed by atoms with E-state index in [0.29, 0.717) is 0 Å². The van der Waals surface area contributed by atoms with E-state index in [9.17, 15) is 0 Å². The third-order valence-electron chi connectivity index (χ3n) is 18.9. The van der Waals surface area contributed by atoms with E-state index in [1.807, 2.05) is 6.20 Å². The number of benzene rings is 8. The van der Waals surface area contributed by atoms with Gasteiger partial charge in [-0.3, -0.25) is 4.98 Å². The third-order valence-corrected chi connectivity index (χ3v) is 18.9. The van der Waals surface area contributed by atoms with E-state index in [0.717, 1.165) is 43.6 Å². The highest BCUT2D eigenvalue weighted by Gasteiger charge is 2.58. The summed E-state index contributed by atoms with van der Waals surface area (Å²) in [5, 5.41) is 5.26. The lowest BCUT2D eigenvalue weighted by Crippen LogP contribution is -2.30. The van der Waals surface area contributed by atoms with Crippen LogP contribution in [0.2, 0.25) is 0 Å². The van der Waals surface area contributed by atoms with Gasteiger partial charge in [0, 0.05) is 64.0 Å². The first-order valence-electron chi connectivity index (χ1n) is 27.6. The number of para-hydroxylation sites is 2. The van der Waals surface area contributed by atoms with Crippen LogP contribution in [-0.2, 0) is 10.8 Å². The molecule has 4 nitrogen and oxygen atoms in total. The van der Waals surface area contributed by atoms with Crippen molar-refractivity contribution in [1.29, 1.82) is 0 Å². The van der Waals surface area contributed by atoms with Crippen molar-refractivity contribution in [2.45, 2.75) is 36.5 Å². The van der Waals surface area contributed by atoms with Crippen LogP contribution < -0.4 is 0 Å². The summed E-state index contributed by atoms with van der Waals surface area (Å²) < 4.78 is 5.01. The van der Waals surface area contributed by atoms with Crippen LogP contribution in [0.25, 0.3) is 94.1 Å². The molecule has 4 heterocycles. The number of fused-ring (bicyclic) bond motifs is 26. The topological polar surface area (TPSA) is 26.0 Å². The molecule has 1 aliphatic heterocycles. The number of hydrogen-bond acceptors (Lipinski definition) is 2. The molecule has 77 heavy (non-hydrogen) atoms. The van der Waals surface area contributed by atoms with Crippen LogP contribution in [0, 0.1) is 0 Å². The van der Waals surface area contributed by atoms with Crippen molar-refractivity contribution in [1.82, 2.24) is 19.0 Å². The minimum Gasteiger partial charge on any atom is -0.370 e. The summed E-state index contributed by atoms with van der Waals surface area (Å²) in [5.41, 5.74) is 30.7. The van der Waals surface area contributed by atoms with Crippen LogP contribution in [-0.4, -0.2) is 32.6 Å². The highest BCUT2D eigenvalue weighted by Crippen LogP contribution is 2.68. The summed E-state index contributed by atoms with van der Waals surface area (Å²) in [7, 11) is 2.29. The number of pyridine rings is 1. The van der Waals surface area contributed by atoms with Crippen molar-refractivity contribution in [2.24, 2.45) is 0 Å². The van der Waals surface area contributed by atoms with E-state index in [-0.39, 0.29) is 5.41 Å². The zero-order chi connectivity index (χ0) is 50.3. The first-order valence-corrected chi connectivity index (χ1v) is 27.6. The average molecular weight is 983 g/mol. The van der Waals surface area contributed by atoms with E-state index < -0.39 is 5.41 Å². The number of nitrogens with zero attached hydrogens (tertiary/aromatic N) is 4. The predicted octanol–water partition coefficient (Wildman–Crippen LogP) is 17.1. The molecule has 4 heteroatoms. The van der Waals surface area contributed by atoms with Crippen LogP contribution in [0.15, 0.2) is 253 Å². The van der Waals surface area contributed by atoms with Crippen LogP contribution in [0.5, 0.6) is 0 Å². The van der Waals surface area contributed by atoms with E-state index >= 15 is 0 Å². The Morgan fingerprint density at radius 1 is 0.468 bits per heavy atom. The number of allylic oxidation sites excluding steroid dienone is 9. The molecule has 0 saturated carbocycles. The minimum absolute atomic E-state index is 0.313. The Balaban J connectivity index is 0.771. The van der Waals surface area contributed by atoms with Crippen molar-refractivity contribution < 1.29 is 0 Å². The molecule has 6 aliphatic carbocycles. The predicted molar refractivity (Wildman–Crippen MR) is 316 cm³/mol. The quantitative estimate of drug-likeness (QED) is 0.176. The van der Waals surface area contributed by atoms with Gasteiger partial charge in [-0.25, -0.2) is 0 Å². The molecule has 2 unspecified atom stereocenters. The van der Waals surface area contributed by atoms with Gasteiger partial charge in [0.2, 0.25) is 0 Å². The van der Waals surface area contributed by atoms with E-state index in [2.05, 4.69) is 240 Å². The van der Waals surface area contributed by atoms with Gasteiger partial charge in [-0.15, -0.1) is 0 Å². The van der Waals surface area contributed by atoms with Crippen LogP contribution in [0.4, 0.5) is 0 Å². The Hall–Kier alpha value is -9.25. The van der Waals surface area contributed by atoms with E-state index in [1.165, 1.54) is 138 Å². The molecular weight excluding hydrogens is 933 g/mol. The smallest absolute Gasteiger partial charge is 0.0753 e. The molecule has 3 aromatic heterocycles. The maximum atomic E-state index is 5.08. The van der Waals surface area contributed by atoms with Gasteiger partial charge < -0.3 is 14.0 Å². The van der Waals surface area contributed by atoms with Crippen molar-refractivity contribution in [3.8, 4) is 44.9 Å². The third kappa shape index (κ3) is 5.04. The SMILES string of the molecule is CN1CC=CC2=C1C1=CCCC=C1C21C2=C(C=CCC2)c2ccc3c(c21)c1ccccc1n3-c1ccc(-c2ccc(-n3c4ccccc4c4c5c(ccc43)-c3ccccc3C53c4ccccc4-c4ncccc43)cc2)cc1. The molecule has 0 bridgehead atoms. The number of likely N-dealkylation sites (N-methyl/N-ethyl adjacent to an activating group) is 1. The van der Waals surface area contributed by atoms with Gasteiger partial charge in [0.1, 0.15) is 0 Å². The molecule has 0 N–H and O–H groups in total. The van der Waals surface area contributed by atoms with Crippen LogP contribution in [0.1, 0.15) is 59.1 Å². The lowest BCUT2D eigenvalue weighted by molar-refractivity contribution is 0.465. The molecule has 7 aliphatic rings. The Labute approximate surface area is 446 Å². The van der Waals surface area contributed by atoms with E-state index in [4.69, 9.17) is 4.98 Å². The van der Waals surface area contributed by atoms with Gasteiger partial charge in [0.25, 0.3) is 0 Å². The zero-order valence-corrected chi connectivity index (χ0v) is 42.7. The van der Waals surface area contributed by atoms with Gasteiger partial charge in [-0.2, -0.15) is 0 Å². The van der Waals surface area contributed by atoms with Crippen molar-refractivity contribution in [3.63, 3.8) is 0 Å². The van der Waals surface area contributed by atoms with Crippen molar-refractivity contribution >= 4 is 49.2 Å². The maximum Gasteiger partial charge on any atom is 0.0753 e. The molecule has 362 valence electrons. The second-order valence-electron chi connectivity index (χ2n) is 22.2. The van der Waals surface area contributed by atoms with E-state index in [1.54, 1.807) is 5.57 Å². The molecule has 18 rings (SSSR count). The normalized spacial score (nSPS) is 20.0. The fourth-order valence-corrected chi connectivity index (χ4v) is 16.1. The highest BCUT2D eigenvalue weighted by atomic mass is 15.1. The second-order valence-corrected chi connectivity index (χ2v) is 22.2. The largest absolute Gasteiger partial charge is 0.370 e. The van der Waals surface area contributed by atoms with Gasteiger partial charge >= 0.3 is 0 Å². The monoisotopic (exact) mass is 982 g/mol. The number of aromatic nitrogens is 3. The molecule has 0 saturated heterocycles. The summed E-state index contributed by atoms with van der Waals surface area (Å²) in [6.45, 7) is 0.937. The molecule has 0 radical (unpaired) electrons. The molecule has 8 aromatic carbocycles. The molecule has 2 atom stereocenters. The summed E-state index contributed by atoms with van der Waals surface area (Å²) >= 11 is 0. The van der Waals surface area contributed by atoms with Gasteiger partial charge in [-0.05, 0) is 164 Å². The summed E-state index contributed by atoms with van der Waals surface area (Å²) in [4.78, 5) is 7.58. The summed E-state index contributed by atoms with van der Waals surface area (Å²) in [5.74, 6) is 0. The second kappa shape index (κ2) is 15.0. The fourth-order valence-electron chi connectivity index (χ4n) is 16.1. The number of rotatable bonds is 3. The first-order chi connectivity index (χ1) is 38.2. The molecule has 0 amide bonds. The van der Waals surface area contributed by atoms with Crippen LogP contribution in [0.3, 0.4) is 0 Å². The lowest BCUT2D eigenvalue weighted by Gasteiger charge is -2.36. The summed E-state index contributed by atoms with van der Waals surface area (Å²) in [6.07, 6.45) is 21.1. The Kier molecular flexibility index (Phi) is 8.18. The van der Waals surface area contributed by atoms with Gasteiger partial charge in [-0.1, -0.05) is 164 Å². The minimum atomic E-state index is -0.498. The van der Waals surface area contributed by atoms with Gasteiger partial charge in [0.05, 0.1) is 38.6 Å². The number of hydrogen-bond donors (Lipinski definition) is 0. The fraction of sp³-hybridized carbons (Fsp3) is 0.110. The highest BCUT2D eigenvalue weighted by molar-refractivity contribution is 6.17. The maximum absolute atomic E-state index is 5.08. The van der Waals surface area contributed by atoms with Gasteiger partial charge in [0.15, 0.2) is 0 Å². The molecule has 2 spiro atoms. The molecule has 0 fully saturated rings. The zero-order valence-electron chi connectivity index (χ0n) is 42.7. The molecule has 11 aromatic rings. The first kappa shape index (κ1) is 42.0. The standard InChI is InChI=1S/C73H50N4/c1-75-43-15-27-61-71(75)53-19-5-11-25-59(53)73(61)57-23-9-3-17-49(57)51-39-41-65-67(69(51)73)55-21-7-13-29-63(55)77(65)47-36-32-45(33-37-47)44-30-34-46(35-31-44)76-62-28-12-6-20-54(62)66-64(76)40-38-50-48-16-2-8-22-56(48)72(68(50)66)58-24-10-4-18-52(58)70-60(72)26-14-42-74-70/h2-4,6-8,10,12-22,24-42H,5,9,11,23,43H2,1H3. The Morgan fingerprint density at radius 3 is 1.78 bits per heavy atom. The average Bonchev–Trinajstić information content (AvgIpc) is 4.46. The Morgan fingerprint density at radius 2 is 1.06 bits per heavy atom.